The summed E-state index contributed by atoms with van der Waals surface area (Å²) in [5.41, 5.74) is -0.0253. The number of hydrogen-bond acceptors (Lipinski definition) is 5. The van der Waals surface area contributed by atoms with Crippen LogP contribution in [0.1, 0.15) is 24.2 Å². The maximum atomic E-state index is 13.6. The zero-order valence-electron chi connectivity index (χ0n) is 17.1. The Bertz CT molecular complexity index is 1450. The van der Waals surface area contributed by atoms with Crippen LogP contribution in [-0.2, 0) is 7.05 Å². The zero-order chi connectivity index (χ0) is 21.4. The Kier molecular flexibility index (Phi) is 3.76. The fraction of sp³-hybridized carbons (Fsp3) is 0.250. The van der Waals surface area contributed by atoms with Crippen LogP contribution in [0.2, 0.25) is 0 Å². The number of fused-ring (bicyclic) bond motifs is 5. The molecule has 3 aromatic carbocycles. The summed E-state index contributed by atoms with van der Waals surface area (Å²) in [7, 11) is 3.29. The van der Waals surface area contributed by atoms with Crippen LogP contribution >= 0.6 is 0 Å². The first-order chi connectivity index (χ1) is 14.2. The van der Waals surface area contributed by atoms with E-state index >= 15 is 0 Å². The van der Waals surface area contributed by atoms with E-state index < -0.39 is 17.5 Å². The van der Waals surface area contributed by atoms with Crippen LogP contribution in [0.5, 0.6) is 11.5 Å². The van der Waals surface area contributed by atoms with Crippen LogP contribution in [0.3, 0.4) is 0 Å². The molecular weight excluding hydrogens is 382 g/mol. The normalized spacial score (nSPS) is 17.9. The summed E-state index contributed by atoms with van der Waals surface area (Å²) in [6.45, 7) is 3.31. The third-order valence-electron chi connectivity index (χ3n) is 6.01. The molecule has 152 valence electrons. The lowest BCUT2D eigenvalue weighted by molar-refractivity contribution is -0.0247. The van der Waals surface area contributed by atoms with Gasteiger partial charge in [-0.15, -0.1) is 0 Å². The van der Waals surface area contributed by atoms with Crippen molar-refractivity contribution in [3.63, 3.8) is 0 Å². The molecule has 1 aliphatic heterocycles. The van der Waals surface area contributed by atoms with Gasteiger partial charge in [-0.3, -0.25) is 9.59 Å². The second kappa shape index (κ2) is 6.06. The van der Waals surface area contributed by atoms with Gasteiger partial charge in [0.15, 0.2) is 6.10 Å². The number of carbonyl (C=O) groups is 1. The standard InChI is InChI=1S/C24H21NO5/c1-24(2)23(28)22(27)19-17(30-24)11-16(29-4)18-20(19)25(3)15-10-13-8-6-5-7-12(13)9-14(15)21(18)26/h5-11,23,28H,1-4H3. The summed E-state index contributed by atoms with van der Waals surface area (Å²) in [6.07, 6.45) is -1.34. The maximum Gasteiger partial charge on any atom is 0.201 e. The number of pyridine rings is 1. The molecule has 1 aliphatic rings. The van der Waals surface area contributed by atoms with Crippen LogP contribution in [0.4, 0.5) is 0 Å². The van der Waals surface area contributed by atoms with Crippen LogP contribution in [0.15, 0.2) is 47.3 Å². The number of rotatable bonds is 1. The first-order valence-electron chi connectivity index (χ1n) is 9.72. The van der Waals surface area contributed by atoms with Crippen LogP contribution < -0.4 is 14.9 Å². The fourth-order valence-electron chi connectivity index (χ4n) is 4.39. The van der Waals surface area contributed by atoms with Crippen molar-refractivity contribution in [1.82, 2.24) is 4.57 Å². The lowest BCUT2D eigenvalue weighted by Gasteiger charge is -2.36. The van der Waals surface area contributed by atoms with Crippen LogP contribution in [-0.4, -0.2) is 34.3 Å². The Hall–Kier alpha value is -3.38. The largest absolute Gasteiger partial charge is 0.496 e. The molecule has 1 aromatic heterocycles. The van der Waals surface area contributed by atoms with Crippen molar-refractivity contribution in [2.24, 2.45) is 7.05 Å². The van der Waals surface area contributed by atoms with Gasteiger partial charge in [0.25, 0.3) is 0 Å². The predicted molar refractivity (Wildman–Crippen MR) is 116 cm³/mol. The molecule has 5 rings (SSSR count). The number of aryl methyl sites for hydroxylation is 1. The molecule has 2 heterocycles. The number of Topliss-reactive ketones (excluding diaryl/α,β-unsaturated/α-hetero) is 1. The van der Waals surface area contributed by atoms with Crippen molar-refractivity contribution >= 4 is 38.4 Å². The number of carbonyl (C=O) groups excluding carboxylic acids is 1. The van der Waals surface area contributed by atoms with Crippen molar-refractivity contribution in [3.8, 4) is 11.5 Å². The SMILES string of the molecule is COc1cc2c(c3c1c(=O)c1cc4ccccc4cc1n3C)C(=O)C(O)C(C)(C)O2. The Morgan fingerprint density at radius 1 is 1.10 bits per heavy atom. The third-order valence-corrected chi connectivity index (χ3v) is 6.01. The molecule has 6 heteroatoms. The quantitative estimate of drug-likeness (QED) is 0.492. The van der Waals surface area contributed by atoms with Crippen molar-refractivity contribution < 1.29 is 19.4 Å². The molecule has 0 saturated heterocycles. The smallest absolute Gasteiger partial charge is 0.201 e. The van der Waals surface area contributed by atoms with E-state index in [1.165, 1.54) is 7.11 Å². The Balaban J connectivity index is 2.03. The van der Waals surface area contributed by atoms with Gasteiger partial charge in [0, 0.05) is 18.5 Å². The Morgan fingerprint density at radius 3 is 2.43 bits per heavy atom. The van der Waals surface area contributed by atoms with Gasteiger partial charge in [0.05, 0.1) is 29.1 Å². The van der Waals surface area contributed by atoms with Gasteiger partial charge < -0.3 is 19.1 Å². The highest BCUT2D eigenvalue weighted by Crippen LogP contribution is 2.42. The number of aromatic nitrogens is 1. The molecule has 0 aliphatic carbocycles. The molecule has 0 radical (unpaired) electrons. The van der Waals surface area contributed by atoms with Gasteiger partial charge in [-0.2, -0.15) is 0 Å². The van der Waals surface area contributed by atoms with Crippen LogP contribution in [0.25, 0.3) is 32.6 Å². The van der Waals surface area contributed by atoms with Gasteiger partial charge in [-0.1, -0.05) is 24.3 Å². The first-order valence-corrected chi connectivity index (χ1v) is 9.72. The summed E-state index contributed by atoms with van der Waals surface area (Å²) >= 11 is 0. The molecular formula is C24H21NO5. The Morgan fingerprint density at radius 2 is 1.77 bits per heavy atom. The molecule has 0 fully saturated rings. The second-order valence-corrected chi connectivity index (χ2v) is 8.25. The molecule has 1 atom stereocenters. The third kappa shape index (κ3) is 2.34. The van der Waals surface area contributed by atoms with Gasteiger partial charge in [-0.25, -0.2) is 0 Å². The highest BCUT2D eigenvalue weighted by Gasteiger charge is 2.44. The minimum absolute atomic E-state index is 0.201. The maximum absolute atomic E-state index is 13.6. The number of ketones is 1. The lowest BCUT2D eigenvalue weighted by Crippen LogP contribution is -2.50. The minimum Gasteiger partial charge on any atom is -0.496 e. The first kappa shape index (κ1) is 18.6. The van der Waals surface area contributed by atoms with Crippen molar-refractivity contribution in [2.45, 2.75) is 25.6 Å². The predicted octanol–water partition coefficient (Wildman–Crippen LogP) is 3.57. The number of methoxy groups -OCH3 is 1. The van der Waals surface area contributed by atoms with E-state index in [1.807, 2.05) is 41.0 Å². The van der Waals surface area contributed by atoms with Gasteiger partial charge in [0.2, 0.25) is 11.2 Å². The molecule has 1 N–H and O–H groups in total. The van der Waals surface area contributed by atoms with Gasteiger partial charge >= 0.3 is 0 Å². The summed E-state index contributed by atoms with van der Waals surface area (Å²) in [5, 5.41) is 13.3. The number of hydrogen-bond donors (Lipinski definition) is 1. The molecule has 0 bridgehead atoms. The number of aliphatic hydroxyl groups excluding tert-OH is 1. The van der Waals surface area contributed by atoms with E-state index in [0.717, 1.165) is 10.8 Å². The van der Waals surface area contributed by atoms with E-state index in [2.05, 4.69) is 0 Å². The van der Waals surface area contributed by atoms with E-state index in [1.54, 1.807) is 27.0 Å². The molecule has 6 nitrogen and oxygen atoms in total. The van der Waals surface area contributed by atoms with Gasteiger partial charge in [0.1, 0.15) is 17.1 Å². The lowest BCUT2D eigenvalue weighted by atomic mass is 9.88. The highest BCUT2D eigenvalue weighted by molar-refractivity contribution is 6.16. The van der Waals surface area contributed by atoms with E-state index in [0.29, 0.717) is 33.3 Å². The van der Waals surface area contributed by atoms with Crippen LogP contribution in [0, 0.1) is 0 Å². The average molecular weight is 403 g/mol. The van der Waals surface area contributed by atoms with E-state index in [-0.39, 0.29) is 11.0 Å². The van der Waals surface area contributed by atoms with E-state index in [9.17, 15) is 14.7 Å². The molecule has 4 aromatic rings. The second-order valence-electron chi connectivity index (χ2n) is 8.25. The number of ether oxygens (including phenoxy) is 2. The molecule has 1 unspecified atom stereocenters. The molecule has 0 saturated carbocycles. The van der Waals surface area contributed by atoms with Gasteiger partial charge in [-0.05, 0) is 36.8 Å². The number of benzene rings is 3. The van der Waals surface area contributed by atoms with Crippen molar-refractivity contribution in [1.29, 1.82) is 0 Å². The number of nitrogens with zero attached hydrogens (tertiary/aromatic N) is 1. The highest BCUT2D eigenvalue weighted by atomic mass is 16.5. The van der Waals surface area contributed by atoms with Crippen molar-refractivity contribution in [3.05, 3.63) is 58.3 Å². The van der Waals surface area contributed by atoms with Crippen molar-refractivity contribution in [2.75, 3.05) is 7.11 Å². The summed E-state index contributed by atoms with van der Waals surface area (Å²) in [6, 6.07) is 13.2. The Labute approximate surface area is 172 Å². The molecule has 0 amide bonds. The zero-order valence-corrected chi connectivity index (χ0v) is 17.1. The number of aliphatic hydroxyl groups is 1. The average Bonchev–Trinajstić information content (AvgIpc) is 2.73. The molecule has 30 heavy (non-hydrogen) atoms. The summed E-state index contributed by atoms with van der Waals surface area (Å²) in [5.74, 6) is 0.165. The minimum atomic E-state index is -1.34. The summed E-state index contributed by atoms with van der Waals surface area (Å²) < 4.78 is 13.3. The fourth-order valence-corrected chi connectivity index (χ4v) is 4.39. The topological polar surface area (TPSA) is 77.8 Å². The van der Waals surface area contributed by atoms with E-state index in [4.69, 9.17) is 9.47 Å². The summed E-state index contributed by atoms with van der Waals surface area (Å²) in [4.78, 5) is 26.7. The monoisotopic (exact) mass is 403 g/mol. The molecule has 0 spiro atoms.